The molecule has 0 aromatic carbocycles. The Hall–Kier alpha value is -1.36. The molecule has 17 heavy (non-hydrogen) atoms. The smallest absolute Gasteiger partial charge is 0.220 e. The highest BCUT2D eigenvalue weighted by Crippen LogP contribution is 2.06. The molecule has 0 unspecified atom stereocenters. The molecule has 5 heteroatoms. The van der Waals surface area contributed by atoms with Crippen LogP contribution in [-0.4, -0.2) is 28.0 Å². The van der Waals surface area contributed by atoms with Crippen molar-refractivity contribution in [1.29, 1.82) is 0 Å². The number of carbonyl (C=O) groups is 1. The molecule has 96 valence electrons. The number of aromatic amines is 1. The van der Waals surface area contributed by atoms with Crippen LogP contribution in [0.3, 0.4) is 0 Å². The van der Waals surface area contributed by atoms with Crippen LogP contribution in [0.25, 0.3) is 0 Å². The fraction of sp³-hybridized carbons (Fsp3) is 0.667. The highest BCUT2D eigenvalue weighted by Gasteiger charge is 2.12. The van der Waals surface area contributed by atoms with E-state index < -0.39 is 0 Å². The van der Waals surface area contributed by atoms with Crippen molar-refractivity contribution in [1.82, 2.24) is 15.3 Å². The van der Waals surface area contributed by atoms with Gasteiger partial charge in [-0.3, -0.25) is 4.79 Å². The van der Waals surface area contributed by atoms with E-state index in [2.05, 4.69) is 15.3 Å². The van der Waals surface area contributed by atoms with Crippen molar-refractivity contribution < 1.29 is 4.79 Å². The van der Waals surface area contributed by atoms with Crippen LogP contribution < -0.4 is 11.1 Å². The molecule has 0 saturated carbocycles. The lowest BCUT2D eigenvalue weighted by Crippen LogP contribution is -2.34. The van der Waals surface area contributed by atoms with E-state index in [1.54, 1.807) is 12.4 Å². The topological polar surface area (TPSA) is 83.8 Å². The van der Waals surface area contributed by atoms with Gasteiger partial charge in [-0.1, -0.05) is 0 Å². The number of nitrogens with two attached hydrogens (primary N) is 1. The van der Waals surface area contributed by atoms with Crippen molar-refractivity contribution >= 4 is 5.91 Å². The number of H-pyrrole nitrogens is 1. The Bertz CT molecular complexity index is 327. The second-order valence-corrected chi connectivity index (χ2v) is 4.98. The third kappa shape index (κ3) is 6.73. The summed E-state index contributed by atoms with van der Waals surface area (Å²) in [5, 5.41) is 2.88. The maximum absolute atomic E-state index is 11.5. The second-order valence-electron chi connectivity index (χ2n) is 4.98. The van der Waals surface area contributed by atoms with E-state index in [4.69, 9.17) is 5.73 Å². The standard InChI is InChI=1S/C12H22N4O/c1-12(2,13)6-5-11(17)16-7-3-4-10-14-8-9-15-10/h8-9H,3-7,13H2,1-2H3,(H,14,15)(H,16,17). The zero-order valence-electron chi connectivity index (χ0n) is 10.6. The predicted octanol–water partition coefficient (Wildman–Crippen LogP) is 0.976. The number of hydrogen-bond donors (Lipinski definition) is 3. The monoisotopic (exact) mass is 238 g/mol. The van der Waals surface area contributed by atoms with Gasteiger partial charge in [-0.25, -0.2) is 4.98 Å². The first-order valence-electron chi connectivity index (χ1n) is 6.01. The van der Waals surface area contributed by atoms with Crippen LogP contribution >= 0.6 is 0 Å². The minimum atomic E-state index is -0.272. The fourth-order valence-corrected chi connectivity index (χ4v) is 1.44. The molecule has 0 radical (unpaired) electrons. The highest BCUT2D eigenvalue weighted by molar-refractivity contribution is 5.75. The lowest BCUT2D eigenvalue weighted by Gasteiger charge is -2.17. The summed E-state index contributed by atoms with van der Waals surface area (Å²) >= 11 is 0. The molecular weight excluding hydrogens is 216 g/mol. The Kier molecular flexibility index (Phi) is 5.15. The molecule has 1 aromatic rings. The van der Waals surface area contributed by atoms with E-state index in [9.17, 15) is 4.79 Å². The molecule has 1 heterocycles. The van der Waals surface area contributed by atoms with Gasteiger partial charge in [0.25, 0.3) is 0 Å². The van der Waals surface area contributed by atoms with E-state index in [-0.39, 0.29) is 11.4 Å². The lowest BCUT2D eigenvalue weighted by molar-refractivity contribution is -0.121. The summed E-state index contributed by atoms with van der Waals surface area (Å²) in [7, 11) is 0. The molecule has 5 nitrogen and oxygen atoms in total. The molecule has 0 aliphatic rings. The minimum Gasteiger partial charge on any atom is -0.356 e. The van der Waals surface area contributed by atoms with Gasteiger partial charge in [0.1, 0.15) is 5.82 Å². The van der Waals surface area contributed by atoms with Gasteiger partial charge in [-0.2, -0.15) is 0 Å². The number of nitrogens with one attached hydrogen (secondary N) is 2. The van der Waals surface area contributed by atoms with Crippen LogP contribution in [0.1, 0.15) is 38.9 Å². The fourth-order valence-electron chi connectivity index (χ4n) is 1.44. The van der Waals surface area contributed by atoms with Gasteiger partial charge in [-0.05, 0) is 26.7 Å². The van der Waals surface area contributed by atoms with Crippen molar-refractivity contribution in [3.05, 3.63) is 18.2 Å². The third-order valence-corrected chi connectivity index (χ3v) is 2.46. The van der Waals surface area contributed by atoms with Gasteiger partial charge in [0, 0.05) is 37.3 Å². The Morgan fingerprint density at radius 1 is 1.59 bits per heavy atom. The molecule has 1 rings (SSSR count). The number of imidazole rings is 1. The zero-order valence-corrected chi connectivity index (χ0v) is 10.6. The summed E-state index contributed by atoms with van der Waals surface area (Å²) in [4.78, 5) is 18.6. The second kappa shape index (κ2) is 6.39. The lowest BCUT2D eigenvalue weighted by atomic mass is 10.00. The third-order valence-electron chi connectivity index (χ3n) is 2.46. The van der Waals surface area contributed by atoms with Crippen molar-refractivity contribution in [2.75, 3.05) is 6.54 Å². The van der Waals surface area contributed by atoms with Crippen molar-refractivity contribution in [2.45, 2.75) is 45.1 Å². The van der Waals surface area contributed by atoms with E-state index in [1.807, 2.05) is 13.8 Å². The van der Waals surface area contributed by atoms with E-state index >= 15 is 0 Å². The number of hydrogen-bond acceptors (Lipinski definition) is 3. The quantitative estimate of drug-likeness (QED) is 0.619. The maximum atomic E-state index is 11.5. The number of amides is 1. The van der Waals surface area contributed by atoms with Crippen molar-refractivity contribution in [3.8, 4) is 0 Å². The Morgan fingerprint density at radius 2 is 2.35 bits per heavy atom. The molecule has 0 bridgehead atoms. The van der Waals surface area contributed by atoms with Crippen molar-refractivity contribution in [3.63, 3.8) is 0 Å². The summed E-state index contributed by atoms with van der Waals surface area (Å²) < 4.78 is 0. The van der Waals surface area contributed by atoms with E-state index in [0.29, 0.717) is 19.4 Å². The minimum absolute atomic E-state index is 0.0722. The number of aryl methyl sites for hydroxylation is 1. The number of rotatable bonds is 7. The summed E-state index contributed by atoms with van der Waals surface area (Å²) in [6, 6.07) is 0. The largest absolute Gasteiger partial charge is 0.356 e. The molecular formula is C12H22N4O. The molecule has 0 spiro atoms. The average Bonchev–Trinajstić information content (AvgIpc) is 2.73. The molecule has 1 aromatic heterocycles. The van der Waals surface area contributed by atoms with Crippen LogP contribution in [0, 0.1) is 0 Å². The molecule has 0 aliphatic carbocycles. The molecule has 1 amide bonds. The number of nitrogens with zero attached hydrogens (tertiary/aromatic N) is 1. The average molecular weight is 238 g/mol. The molecule has 0 saturated heterocycles. The van der Waals surface area contributed by atoms with E-state index in [1.165, 1.54) is 0 Å². The van der Waals surface area contributed by atoms with E-state index in [0.717, 1.165) is 18.7 Å². The first-order valence-corrected chi connectivity index (χ1v) is 6.01. The molecule has 0 atom stereocenters. The van der Waals surface area contributed by atoms with Gasteiger partial charge in [-0.15, -0.1) is 0 Å². The van der Waals surface area contributed by atoms with Gasteiger partial charge in [0.15, 0.2) is 0 Å². The van der Waals surface area contributed by atoms with Gasteiger partial charge >= 0.3 is 0 Å². The molecule has 4 N–H and O–H groups in total. The first kappa shape index (κ1) is 13.7. The van der Waals surface area contributed by atoms with Crippen LogP contribution in [-0.2, 0) is 11.2 Å². The van der Waals surface area contributed by atoms with Crippen LogP contribution in [0.5, 0.6) is 0 Å². The summed E-state index contributed by atoms with van der Waals surface area (Å²) in [5.74, 6) is 1.03. The van der Waals surface area contributed by atoms with Crippen LogP contribution in [0.4, 0.5) is 0 Å². The summed E-state index contributed by atoms with van der Waals surface area (Å²) in [6.45, 7) is 4.54. The molecule has 0 fully saturated rings. The number of aromatic nitrogens is 2. The van der Waals surface area contributed by atoms with Gasteiger partial charge < -0.3 is 16.0 Å². The van der Waals surface area contributed by atoms with Crippen LogP contribution in [0.2, 0.25) is 0 Å². The Balaban J connectivity index is 2.04. The first-order chi connectivity index (χ1) is 7.97. The maximum Gasteiger partial charge on any atom is 0.220 e. The number of carbonyl (C=O) groups excluding carboxylic acids is 1. The van der Waals surface area contributed by atoms with Gasteiger partial charge in [0.05, 0.1) is 0 Å². The Labute approximate surface area is 102 Å². The predicted molar refractivity (Wildman–Crippen MR) is 67.4 cm³/mol. The van der Waals surface area contributed by atoms with Crippen molar-refractivity contribution in [2.24, 2.45) is 5.73 Å². The normalized spacial score (nSPS) is 11.5. The SMILES string of the molecule is CC(C)(N)CCC(=O)NCCCc1ncc[nH]1. The summed E-state index contributed by atoms with van der Waals surface area (Å²) in [6.07, 6.45) is 6.48. The highest BCUT2D eigenvalue weighted by atomic mass is 16.1. The summed E-state index contributed by atoms with van der Waals surface area (Å²) in [5.41, 5.74) is 5.54. The molecule has 0 aliphatic heterocycles. The zero-order chi connectivity index (χ0) is 12.7. The Morgan fingerprint density at radius 3 is 2.94 bits per heavy atom. The van der Waals surface area contributed by atoms with Crippen LogP contribution in [0.15, 0.2) is 12.4 Å². The van der Waals surface area contributed by atoms with Gasteiger partial charge in [0.2, 0.25) is 5.91 Å².